The van der Waals surface area contributed by atoms with Crippen LogP contribution in [0.2, 0.25) is 0 Å². The number of methoxy groups -OCH3 is 4. The molecule has 0 bridgehead atoms. The highest BCUT2D eigenvalue weighted by Gasteiger charge is 2.24. The number of sulfonamides is 1. The molecule has 158 valence electrons. The maximum atomic E-state index is 13.0. The van der Waals surface area contributed by atoms with Crippen LogP contribution in [0.25, 0.3) is 0 Å². The van der Waals surface area contributed by atoms with Crippen molar-refractivity contribution in [2.75, 3.05) is 51.4 Å². The van der Waals surface area contributed by atoms with Gasteiger partial charge >= 0.3 is 0 Å². The Hall–Kier alpha value is -3.14. The van der Waals surface area contributed by atoms with E-state index in [-0.39, 0.29) is 22.7 Å². The van der Waals surface area contributed by atoms with Crippen LogP contribution in [0.3, 0.4) is 0 Å². The number of carbonyl (C=O) groups excluding carboxylic acids is 1. The zero-order chi connectivity index (χ0) is 21.8. The molecule has 0 saturated heterocycles. The summed E-state index contributed by atoms with van der Waals surface area (Å²) < 4.78 is 46.1. The number of hydrogen-bond acceptors (Lipinski definition) is 7. The first kappa shape index (κ1) is 22.2. The van der Waals surface area contributed by atoms with Crippen LogP contribution in [0.1, 0.15) is 10.4 Å². The minimum absolute atomic E-state index is 0.0773. The topological polar surface area (TPSA) is 103 Å². The van der Waals surface area contributed by atoms with Crippen molar-refractivity contribution < 1.29 is 32.2 Å². The van der Waals surface area contributed by atoms with Gasteiger partial charge in [-0.2, -0.15) is 0 Å². The van der Waals surface area contributed by atoms with E-state index in [2.05, 4.69) is 5.32 Å². The number of amides is 1. The lowest BCUT2D eigenvalue weighted by molar-refractivity contribution is 0.102. The molecule has 2 aromatic rings. The summed E-state index contributed by atoms with van der Waals surface area (Å²) >= 11 is 0. The van der Waals surface area contributed by atoms with E-state index in [0.29, 0.717) is 17.2 Å². The number of nitrogens with one attached hydrogen (secondary N) is 1. The molecule has 0 aliphatic carbocycles. The molecule has 0 fully saturated rings. The van der Waals surface area contributed by atoms with Crippen LogP contribution in [0.5, 0.6) is 23.0 Å². The number of rotatable bonds is 8. The van der Waals surface area contributed by atoms with Crippen molar-refractivity contribution in [1.29, 1.82) is 0 Å². The third-order valence-electron chi connectivity index (χ3n) is 4.24. The van der Waals surface area contributed by atoms with Gasteiger partial charge < -0.3 is 24.3 Å². The molecule has 2 rings (SSSR count). The fourth-order valence-electron chi connectivity index (χ4n) is 2.58. The summed E-state index contributed by atoms with van der Waals surface area (Å²) in [4.78, 5) is 13.0. The molecule has 29 heavy (non-hydrogen) atoms. The molecule has 0 spiro atoms. The van der Waals surface area contributed by atoms with Gasteiger partial charge in [-0.05, 0) is 18.2 Å². The molecule has 0 unspecified atom stereocenters. The van der Waals surface area contributed by atoms with Gasteiger partial charge in [-0.15, -0.1) is 0 Å². The predicted molar refractivity (Wildman–Crippen MR) is 110 cm³/mol. The molecule has 1 N–H and O–H groups in total. The van der Waals surface area contributed by atoms with Crippen molar-refractivity contribution in [2.24, 2.45) is 0 Å². The van der Waals surface area contributed by atoms with Gasteiger partial charge in [0.25, 0.3) is 5.91 Å². The summed E-state index contributed by atoms with van der Waals surface area (Å²) in [6.45, 7) is 0. The van der Waals surface area contributed by atoms with Crippen molar-refractivity contribution in [2.45, 2.75) is 0 Å². The smallest absolute Gasteiger partial charge is 0.258 e. The Bertz CT molecular complexity index is 1010. The Morgan fingerprint density at radius 1 is 0.897 bits per heavy atom. The fraction of sp³-hybridized carbons (Fsp3) is 0.316. The lowest BCUT2D eigenvalue weighted by Gasteiger charge is -2.22. The first-order chi connectivity index (χ1) is 13.7. The number of hydrogen-bond donors (Lipinski definition) is 1. The Kier molecular flexibility index (Phi) is 6.80. The van der Waals surface area contributed by atoms with E-state index >= 15 is 0 Å². The molecule has 0 atom stereocenters. The molecule has 0 aliphatic rings. The van der Waals surface area contributed by atoms with Crippen molar-refractivity contribution in [1.82, 2.24) is 0 Å². The van der Waals surface area contributed by atoms with Gasteiger partial charge in [0.1, 0.15) is 11.5 Å². The average molecular weight is 424 g/mol. The second kappa shape index (κ2) is 8.91. The standard InChI is InChI=1S/C19H24N2O7S/c1-21(29(6,23)24)15-11-18(28-5)17(27-4)10-13(15)19(22)20-14-8-7-12(25-2)9-16(14)26-3/h7-11H,1-6H3,(H,20,22). The van der Waals surface area contributed by atoms with Gasteiger partial charge in [0.15, 0.2) is 11.5 Å². The highest BCUT2D eigenvalue weighted by atomic mass is 32.2. The lowest BCUT2D eigenvalue weighted by atomic mass is 10.1. The number of carbonyl (C=O) groups is 1. The number of benzene rings is 2. The minimum Gasteiger partial charge on any atom is -0.497 e. The van der Waals surface area contributed by atoms with Crippen molar-refractivity contribution in [3.05, 3.63) is 35.9 Å². The zero-order valence-electron chi connectivity index (χ0n) is 17.1. The molecule has 0 aromatic heterocycles. The second-order valence-electron chi connectivity index (χ2n) is 5.98. The molecule has 10 heteroatoms. The third-order valence-corrected chi connectivity index (χ3v) is 5.43. The summed E-state index contributed by atoms with van der Waals surface area (Å²) in [5, 5.41) is 2.73. The monoisotopic (exact) mass is 424 g/mol. The van der Waals surface area contributed by atoms with Crippen LogP contribution in [-0.4, -0.2) is 56.1 Å². The Morgan fingerprint density at radius 2 is 1.48 bits per heavy atom. The highest BCUT2D eigenvalue weighted by Crippen LogP contribution is 2.37. The quantitative estimate of drug-likeness (QED) is 0.694. The van der Waals surface area contributed by atoms with Crippen LogP contribution in [-0.2, 0) is 10.0 Å². The predicted octanol–water partition coefficient (Wildman–Crippen LogP) is 2.37. The summed E-state index contributed by atoms with van der Waals surface area (Å²) in [7, 11) is 3.54. The van der Waals surface area contributed by atoms with Crippen molar-refractivity contribution >= 4 is 27.3 Å². The van der Waals surface area contributed by atoms with E-state index < -0.39 is 15.9 Å². The van der Waals surface area contributed by atoms with E-state index in [1.807, 2.05) is 0 Å². The van der Waals surface area contributed by atoms with Crippen LogP contribution >= 0.6 is 0 Å². The minimum atomic E-state index is -3.64. The number of nitrogens with zero attached hydrogens (tertiary/aromatic N) is 1. The maximum absolute atomic E-state index is 13.0. The van der Waals surface area contributed by atoms with Crippen LogP contribution in [0.15, 0.2) is 30.3 Å². The average Bonchev–Trinajstić information content (AvgIpc) is 2.71. The molecule has 9 nitrogen and oxygen atoms in total. The van der Waals surface area contributed by atoms with Crippen LogP contribution in [0.4, 0.5) is 11.4 Å². The summed E-state index contributed by atoms with van der Waals surface area (Å²) in [5.41, 5.74) is 0.601. The van der Waals surface area contributed by atoms with Gasteiger partial charge in [-0.25, -0.2) is 8.42 Å². The van der Waals surface area contributed by atoms with Crippen LogP contribution < -0.4 is 28.6 Å². The molecular formula is C19H24N2O7S. The first-order valence-corrected chi connectivity index (χ1v) is 10.2. The SMILES string of the molecule is COc1ccc(NC(=O)c2cc(OC)c(OC)cc2N(C)S(C)(=O)=O)c(OC)c1. The third kappa shape index (κ3) is 4.83. The van der Waals surface area contributed by atoms with E-state index in [1.165, 1.54) is 47.6 Å². The Morgan fingerprint density at radius 3 is 2.00 bits per heavy atom. The van der Waals surface area contributed by atoms with Gasteiger partial charge in [-0.1, -0.05) is 0 Å². The molecule has 0 radical (unpaired) electrons. The molecule has 2 aromatic carbocycles. The summed E-state index contributed by atoms with van der Waals surface area (Å²) in [6, 6.07) is 7.75. The van der Waals surface area contributed by atoms with Crippen molar-refractivity contribution in [3.63, 3.8) is 0 Å². The Balaban J connectivity index is 2.56. The zero-order valence-corrected chi connectivity index (χ0v) is 17.9. The van der Waals surface area contributed by atoms with Gasteiger partial charge in [0, 0.05) is 19.2 Å². The van der Waals surface area contributed by atoms with Crippen molar-refractivity contribution in [3.8, 4) is 23.0 Å². The normalized spacial score (nSPS) is 10.8. The van der Waals surface area contributed by atoms with Crippen LogP contribution in [0, 0.1) is 0 Å². The molecule has 0 saturated carbocycles. The van der Waals surface area contributed by atoms with E-state index in [1.54, 1.807) is 18.2 Å². The number of anilines is 2. The summed E-state index contributed by atoms with van der Waals surface area (Å²) in [6.07, 6.45) is 1.04. The van der Waals surface area contributed by atoms with E-state index in [4.69, 9.17) is 18.9 Å². The molecular weight excluding hydrogens is 400 g/mol. The second-order valence-corrected chi connectivity index (χ2v) is 7.99. The first-order valence-electron chi connectivity index (χ1n) is 8.39. The highest BCUT2D eigenvalue weighted by molar-refractivity contribution is 7.92. The lowest BCUT2D eigenvalue weighted by Crippen LogP contribution is -2.28. The number of ether oxygens (including phenoxy) is 4. The molecule has 0 heterocycles. The van der Waals surface area contributed by atoms with Gasteiger partial charge in [0.2, 0.25) is 10.0 Å². The summed E-state index contributed by atoms with van der Waals surface area (Å²) in [5.74, 6) is 0.959. The van der Waals surface area contributed by atoms with E-state index in [9.17, 15) is 13.2 Å². The van der Waals surface area contributed by atoms with Gasteiger partial charge in [0.05, 0.1) is 51.6 Å². The molecule has 0 aliphatic heterocycles. The fourth-order valence-corrected chi connectivity index (χ4v) is 3.09. The van der Waals surface area contributed by atoms with E-state index in [0.717, 1.165) is 10.6 Å². The van der Waals surface area contributed by atoms with Gasteiger partial charge in [-0.3, -0.25) is 9.10 Å². The maximum Gasteiger partial charge on any atom is 0.258 e. The largest absolute Gasteiger partial charge is 0.497 e. The molecule has 1 amide bonds. The Labute approximate surface area is 170 Å².